The first-order chi connectivity index (χ1) is 16.0. The number of carbonyl (C=O) groups excluding carboxylic acids is 2. The lowest BCUT2D eigenvalue weighted by Gasteiger charge is -2.45. The van der Waals surface area contributed by atoms with Crippen LogP contribution in [0.5, 0.6) is 5.75 Å². The van der Waals surface area contributed by atoms with E-state index in [1.807, 2.05) is 0 Å². The highest BCUT2D eigenvalue weighted by Crippen LogP contribution is 2.40. The molecule has 0 aromatic heterocycles. The van der Waals surface area contributed by atoms with Gasteiger partial charge in [0.1, 0.15) is 22.9 Å². The average Bonchev–Trinajstić information content (AvgIpc) is 2.79. The number of aliphatic hydroxyl groups is 1. The van der Waals surface area contributed by atoms with Gasteiger partial charge in [-0.25, -0.2) is 13.2 Å². The van der Waals surface area contributed by atoms with Crippen molar-refractivity contribution in [3.8, 4) is 5.75 Å². The van der Waals surface area contributed by atoms with Gasteiger partial charge in [-0.2, -0.15) is 0 Å². The van der Waals surface area contributed by atoms with E-state index in [4.69, 9.17) is 4.74 Å². The maximum atomic E-state index is 13.0. The highest BCUT2D eigenvalue weighted by molar-refractivity contribution is 8.72. The van der Waals surface area contributed by atoms with Crippen molar-refractivity contribution < 1.29 is 37.8 Å². The molecule has 180 valence electrons. The van der Waals surface area contributed by atoms with Gasteiger partial charge in [0.15, 0.2) is 12.3 Å². The van der Waals surface area contributed by atoms with Crippen LogP contribution in [0.3, 0.4) is 0 Å². The zero-order chi connectivity index (χ0) is 25.0. The van der Waals surface area contributed by atoms with Crippen LogP contribution in [0.2, 0.25) is 0 Å². The highest BCUT2D eigenvalue weighted by Gasteiger charge is 2.54. The Morgan fingerprint density at radius 3 is 2.26 bits per heavy atom. The van der Waals surface area contributed by atoms with Crippen LogP contribution in [-0.4, -0.2) is 59.3 Å². The summed E-state index contributed by atoms with van der Waals surface area (Å²) in [5, 5.41) is 20.3. The molecule has 2 amide bonds. The molecule has 12 heteroatoms. The van der Waals surface area contributed by atoms with Gasteiger partial charge in [-0.1, -0.05) is 35.9 Å². The third-order valence-electron chi connectivity index (χ3n) is 4.79. The Balaban J connectivity index is 1.83. The Morgan fingerprint density at radius 2 is 1.71 bits per heavy atom. The van der Waals surface area contributed by atoms with E-state index in [2.05, 4.69) is 5.32 Å². The number of nitrogens with one attached hydrogen (secondary N) is 1. The monoisotopic (exact) mass is 506 g/mol. The van der Waals surface area contributed by atoms with Crippen LogP contribution >= 0.6 is 10.8 Å². The molecule has 0 saturated carbocycles. The molecular formula is C22H22N2O8S2. The topological polar surface area (TPSA) is 150 Å². The number of allylic oxidation sites excluding steroid dienone is 1. The number of benzene rings is 2. The number of likely N-dealkylation sites (tertiary alicyclic amines) is 1. The third kappa shape index (κ3) is 5.51. The van der Waals surface area contributed by atoms with Crippen LogP contribution < -0.4 is 10.1 Å². The second-order valence-corrected chi connectivity index (χ2v) is 11.3. The van der Waals surface area contributed by atoms with Crippen molar-refractivity contribution in [3.63, 3.8) is 0 Å². The summed E-state index contributed by atoms with van der Waals surface area (Å²) < 4.78 is 31.3. The summed E-state index contributed by atoms with van der Waals surface area (Å²) in [5.41, 5.74) is 0.0626. The van der Waals surface area contributed by atoms with Crippen molar-refractivity contribution in [1.29, 1.82) is 0 Å². The average molecular weight is 507 g/mol. The zero-order valence-corrected chi connectivity index (χ0v) is 19.8. The summed E-state index contributed by atoms with van der Waals surface area (Å²) in [5.74, 6) is -3.48. The summed E-state index contributed by atoms with van der Waals surface area (Å²) in [4.78, 5) is 37.4. The molecule has 2 aromatic carbocycles. The molecule has 10 nitrogen and oxygen atoms in total. The molecule has 1 saturated heterocycles. The Kier molecular flexibility index (Phi) is 7.52. The standard InChI is InChI=1S/C22H22N2O8S2/c1-13-8-10-16(11-9-13)34(30,31)33-21-18(20(27)24(21)19(14(2)25)22(28)29)23-17(26)12-32-15-6-4-3-5-7-15/h3-11,18,21,25H,12H2,1-2H3,(H,23,26)(H,28,29)/b19-14+. The van der Waals surface area contributed by atoms with Gasteiger partial charge in [0.05, 0.1) is 4.90 Å². The number of carboxylic acids is 1. The van der Waals surface area contributed by atoms with Crippen LogP contribution in [0.15, 0.2) is 70.9 Å². The summed E-state index contributed by atoms with van der Waals surface area (Å²) in [6, 6.07) is 13.0. The summed E-state index contributed by atoms with van der Waals surface area (Å²) in [7, 11) is -3.76. The van der Waals surface area contributed by atoms with Crippen LogP contribution in [0, 0.1) is 6.92 Å². The highest BCUT2D eigenvalue weighted by atomic mass is 33.1. The zero-order valence-electron chi connectivity index (χ0n) is 18.2. The smallest absolute Gasteiger partial charge is 0.356 e. The van der Waals surface area contributed by atoms with Crippen molar-refractivity contribution in [1.82, 2.24) is 10.2 Å². The number of carboxylic acid groups (broad SMARTS) is 1. The first-order valence-corrected chi connectivity index (χ1v) is 12.8. The second kappa shape index (κ2) is 10.2. The minimum absolute atomic E-state index is 0.0542. The molecule has 0 radical (unpaired) electrons. The van der Waals surface area contributed by atoms with Gasteiger partial charge in [0.2, 0.25) is 8.87 Å². The van der Waals surface area contributed by atoms with Crippen LogP contribution in [-0.2, 0) is 23.3 Å². The van der Waals surface area contributed by atoms with Crippen LogP contribution in [0.1, 0.15) is 12.5 Å². The largest absolute Gasteiger partial charge is 0.510 e. The normalized spacial score (nSPS) is 18.5. The number of aliphatic carboxylic acids is 1. The molecule has 34 heavy (non-hydrogen) atoms. The molecule has 3 rings (SSSR count). The number of aliphatic hydroxyl groups excluding tert-OH is 1. The van der Waals surface area contributed by atoms with E-state index in [1.54, 1.807) is 49.4 Å². The van der Waals surface area contributed by atoms with Gasteiger partial charge in [0, 0.05) is 10.8 Å². The van der Waals surface area contributed by atoms with E-state index < -0.39 is 56.1 Å². The van der Waals surface area contributed by atoms with Crippen molar-refractivity contribution in [2.75, 3.05) is 6.61 Å². The Morgan fingerprint density at radius 1 is 1.09 bits per heavy atom. The maximum Gasteiger partial charge on any atom is 0.356 e. The van der Waals surface area contributed by atoms with Crippen LogP contribution in [0.4, 0.5) is 0 Å². The number of hydrogen-bond acceptors (Lipinski definition) is 8. The molecule has 0 aliphatic carbocycles. The quantitative estimate of drug-likeness (QED) is 0.201. The Labute approximate surface area is 199 Å². The summed E-state index contributed by atoms with van der Waals surface area (Å²) in [6.45, 7) is 2.40. The molecule has 1 heterocycles. The fraction of sp³-hybridized carbons (Fsp3) is 0.227. The van der Waals surface area contributed by atoms with Gasteiger partial charge in [0.25, 0.3) is 11.8 Å². The van der Waals surface area contributed by atoms with E-state index >= 15 is 0 Å². The SMILES string of the molecule is C/C(O)=C(/C(=O)O)N1C(=O)C(NC(=O)COc2ccccc2)C1SS(=O)(=O)c1ccc(C)cc1. The lowest BCUT2D eigenvalue weighted by atomic mass is 10.1. The van der Waals surface area contributed by atoms with Gasteiger partial charge < -0.3 is 20.3 Å². The van der Waals surface area contributed by atoms with Crippen LogP contribution in [0.25, 0.3) is 0 Å². The Hall–Kier alpha value is -3.51. The summed E-state index contributed by atoms with van der Waals surface area (Å²) >= 11 is 0. The van der Waals surface area contributed by atoms with Gasteiger partial charge >= 0.3 is 5.97 Å². The molecule has 1 aliphatic rings. The van der Waals surface area contributed by atoms with Crippen molar-refractivity contribution in [2.45, 2.75) is 30.2 Å². The van der Waals surface area contributed by atoms with Gasteiger partial charge in [-0.05, 0) is 38.1 Å². The van der Waals surface area contributed by atoms with Crippen molar-refractivity contribution >= 4 is 37.4 Å². The second-order valence-electron chi connectivity index (χ2n) is 7.35. The van der Waals surface area contributed by atoms with Crippen molar-refractivity contribution in [2.24, 2.45) is 0 Å². The number of amides is 2. The number of β-lactam (4-membered cyclic amide) rings is 1. The Bertz CT molecular complexity index is 1220. The number of carbonyl (C=O) groups is 3. The maximum absolute atomic E-state index is 13.0. The van der Waals surface area contributed by atoms with Gasteiger partial charge in [-0.15, -0.1) is 0 Å². The molecular weight excluding hydrogens is 484 g/mol. The molecule has 3 N–H and O–H groups in total. The minimum atomic E-state index is -4.06. The molecule has 2 atom stereocenters. The fourth-order valence-electron chi connectivity index (χ4n) is 3.14. The molecule has 1 aliphatic heterocycles. The number of rotatable bonds is 9. The fourth-order valence-corrected chi connectivity index (χ4v) is 6.60. The molecule has 0 bridgehead atoms. The first-order valence-electron chi connectivity index (χ1n) is 9.94. The predicted molar refractivity (Wildman–Crippen MR) is 123 cm³/mol. The molecule has 2 aromatic rings. The molecule has 0 spiro atoms. The number of aryl methyl sites for hydroxylation is 1. The number of hydrogen-bond donors (Lipinski definition) is 3. The van der Waals surface area contributed by atoms with Gasteiger partial charge in [-0.3, -0.25) is 14.5 Å². The lowest BCUT2D eigenvalue weighted by Crippen LogP contribution is -2.70. The van der Waals surface area contributed by atoms with E-state index in [1.165, 1.54) is 12.1 Å². The number of ether oxygens (including phenoxy) is 1. The minimum Gasteiger partial charge on any atom is -0.510 e. The van der Waals surface area contributed by atoms with Crippen molar-refractivity contribution in [3.05, 3.63) is 71.6 Å². The predicted octanol–water partition coefficient (Wildman–Crippen LogP) is 2.02. The lowest BCUT2D eigenvalue weighted by molar-refractivity contribution is -0.151. The summed E-state index contributed by atoms with van der Waals surface area (Å²) in [6.07, 6.45) is 0. The molecule has 2 unspecified atom stereocenters. The molecule has 1 fully saturated rings. The first kappa shape index (κ1) is 25.1. The number of para-hydroxylation sites is 1. The van der Waals surface area contributed by atoms with E-state index in [0.717, 1.165) is 12.5 Å². The third-order valence-corrected chi connectivity index (χ3v) is 8.51. The van der Waals surface area contributed by atoms with E-state index in [9.17, 15) is 33.0 Å². The van der Waals surface area contributed by atoms with E-state index in [-0.39, 0.29) is 4.90 Å². The number of nitrogens with zero attached hydrogens (tertiary/aromatic N) is 1. The van der Waals surface area contributed by atoms with E-state index in [0.29, 0.717) is 21.4 Å².